The summed E-state index contributed by atoms with van der Waals surface area (Å²) in [6.45, 7) is 1.77. The summed E-state index contributed by atoms with van der Waals surface area (Å²) in [5, 5.41) is 5.86. The Hall–Kier alpha value is -1.58. The van der Waals surface area contributed by atoms with Crippen LogP contribution in [0.1, 0.15) is 19.8 Å². The number of rotatable bonds is 4. The smallest absolute Gasteiger partial charge is 0.242 e. The molecule has 1 aromatic carbocycles. The van der Waals surface area contributed by atoms with Crippen LogP contribution in [0.4, 0.5) is 10.1 Å². The van der Waals surface area contributed by atoms with Gasteiger partial charge in [-0.1, -0.05) is 6.07 Å². The molecule has 1 saturated carbocycles. The molecular formula is C12H15FN2O. The van der Waals surface area contributed by atoms with Crippen molar-refractivity contribution in [2.24, 2.45) is 0 Å². The van der Waals surface area contributed by atoms with Crippen LogP contribution in [-0.2, 0) is 4.79 Å². The quantitative estimate of drug-likeness (QED) is 0.817. The van der Waals surface area contributed by atoms with Gasteiger partial charge >= 0.3 is 0 Å². The van der Waals surface area contributed by atoms with Gasteiger partial charge in [0.25, 0.3) is 0 Å². The van der Waals surface area contributed by atoms with Gasteiger partial charge in [0, 0.05) is 11.7 Å². The van der Waals surface area contributed by atoms with Gasteiger partial charge in [-0.05, 0) is 38.0 Å². The molecule has 1 unspecified atom stereocenters. The predicted octanol–water partition coefficient (Wildman–Crippen LogP) is 1.90. The van der Waals surface area contributed by atoms with Gasteiger partial charge < -0.3 is 10.6 Å². The molecule has 0 spiro atoms. The molecule has 2 rings (SSSR count). The third kappa shape index (κ3) is 2.95. The zero-order valence-corrected chi connectivity index (χ0v) is 9.16. The summed E-state index contributed by atoms with van der Waals surface area (Å²) in [7, 11) is 0. The average Bonchev–Trinajstić information content (AvgIpc) is 3.01. The third-order valence-electron chi connectivity index (χ3n) is 2.52. The van der Waals surface area contributed by atoms with E-state index in [2.05, 4.69) is 10.6 Å². The summed E-state index contributed by atoms with van der Waals surface area (Å²) >= 11 is 0. The number of hydrogen-bond acceptors (Lipinski definition) is 2. The van der Waals surface area contributed by atoms with E-state index in [0.717, 1.165) is 12.8 Å². The number of halogens is 1. The Morgan fingerprint density at radius 3 is 2.88 bits per heavy atom. The molecule has 1 atom stereocenters. The van der Waals surface area contributed by atoms with E-state index >= 15 is 0 Å². The van der Waals surface area contributed by atoms with E-state index in [1.165, 1.54) is 12.1 Å². The van der Waals surface area contributed by atoms with Crippen LogP contribution in [-0.4, -0.2) is 18.0 Å². The molecule has 1 amide bonds. The second-order valence-electron chi connectivity index (χ2n) is 4.16. The Labute approximate surface area is 94.0 Å². The molecule has 0 heterocycles. The largest absolute Gasteiger partial charge is 0.374 e. The maximum atomic E-state index is 12.9. The van der Waals surface area contributed by atoms with Gasteiger partial charge in [-0.2, -0.15) is 0 Å². The summed E-state index contributed by atoms with van der Waals surface area (Å²) in [6.07, 6.45) is 2.14. The lowest BCUT2D eigenvalue weighted by Crippen LogP contribution is -2.38. The van der Waals surface area contributed by atoms with Crippen molar-refractivity contribution in [3.8, 4) is 0 Å². The highest BCUT2D eigenvalue weighted by atomic mass is 19.1. The maximum absolute atomic E-state index is 12.9. The third-order valence-corrected chi connectivity index (χ3v) is 2.52. The highest BCUT2D eigenvalue weighted by Crippen LogP contribution is 2.19. The molecule has 1 fully saturated rings. The van der Waals surface area contributed by atoms with E-state index in [0.29, 0.717) is 11.7 Å². The zero-order valence-electron chi connectivity index (χ0n) is 9.16. The van der Waals surface area contributed by atoms with Crippen molar-refractivity contribution in [3.63, 3.8) is 0 Å². The lowest BCUT2D eigenvalue weighted by Gasteiger charge is -2.14. The molecule has 1 aliphatic carbocycles. The van der Waals surface area contributed by atoms with Gasteiger partial charge in [-0.3, -0.25) is 4.79 Å². The fourth-order valence-electron chi connectivity index (χ4n) is 1.45. The molecule has 3 nitrogen and oxygen atoms in total. The Bertz CT molecular complexity index is 390. The van der Waals surface area contributed by atoms with Crippen LogP contribution in [0.3, 0.4) is 0 Å². The number of nitrogens with one attached hydrogen (secondary N) is 2. The second-order valence-corrected chi connectivity index (χ2v) is 4.16. The molecule has 0 aliphatic heterocycles. The summed E-state index contributed by atoms with van der Waals surface area (Å²) in [5.74, 6) is -0.341. The van der Waals surface area contributed by atoms with Crippen molar-refractivity contribution in [2.45, 2.75) is 31.8 Å². The molecule has 0 aromatic heterocycles. The normalized spacial score (nSPS) is 16.6. The molecule has 0 radical (unpaired) electrons. The Kier molecular flexibility index (Phi) is 3.08. The van der Waals surface area contributed by atoms with Crippen molar-refractivity contribution in [1.82, 2.24) is 5.32 Å². The van der Waals surface area contributed by atoms with E-state index in [1.807, 2.05) is 0 Å². The fraction of sp³-hybridized carbons (Fsp3) is 0.417. The molecule has 4 heteroatoms. The number of hydrogen-bond donors (Lipinski definition) is 2. The standard InChI is InChI=1S/C12H15FN2O/c1-8(12(16)15-10-5-6-10)14-11-4-2-3-9(13)7-11/h2-4,7-8,10,14H,5-6H2,1H3,(H,15,16). The maximum Gasteiger partial charge on any atom is 0.242 e. The van der Waals surface area contributed by atoms with Gasteiger partial charge in [0.2, 0.25) is 5.91 Å². The molecule has 2 N–H and O–H groups in total. The first-order valence-corrected chi connectivity index (χ1v) is 5.47. The molecular weight excluding hydrogens is 207 g/mol. The van der Waals surface area contributed by atoms with Gasteiger partial charge in [0.1, 0.15) is 11.9 Å². The SMILES string of the molecule is CC(Nc1cccc(F)c1)C(=O)NC1CC1. The lowest BCUT2D eigenvalue weighted by molar-refractivity contribution is -0.121. The monoisotopic (exact) mass is 222 g/mol. The van der Waals surface area contributed by atoms with E-state index < -0.39 is 0 Å². The van der Waals surface area contributed by atoms with Crippen molar-refractivity contribution < 1.29 is 9.18 Å². The van der Waals surface area contributed by atoms with E-state index in [9.17, 15) is 9.18 Å². The first kappa shape index (κ1) is 10.9. The lowest BCUT2D eigenvalue weighted by atomic mass is 10.2. The highest BCUT2D eigenvalue weighted by molar-refractivity contribution is 5.84. The number of carbonyl (C=O) groups is 1. The van der Waals surface area contributed by atoms with Crippen molar-refractivity contribution in [3.05, 3.63) is 30.1 Å². The number of amides is 1. The average molecular weight is 222 g/mol. The highest BCUT2D eigenvalue weighted by Gasteiger charge is 2.25. The fourth-order valence-corrected chi connectivity index (χ4v) is 1.45. The van der Waals surface area contributed by atoms with Gasteiger partial charge in [0.05, 0.1) is 0 Å². The van der Waals surface area contributed by atoms with Crippen LogP contribution in [0.2, 0.25) is 0 Å². The Morgan fingerprint density at radius 2 is 2.25 bits per heavy atom. The molecule has 86 valence electrons. The summed E-state index contributed by atoms with van der Waals surface area (Å²) in [6, 6.07) is 6.11. The van der Waals surface area contributed by atoms with Crippen LogP contribution < -0.4 is 10.6 Å². The van der Waals surface area contributed by atoms with Crippen molar-refractivity contribution in [2.75, 3.05) is 5.32 Å². The zero-order chi connectivity index (χ0) is 11.5. The van der Waals surface area contributed by atoms with Crippen molar-refractivity contribution >= 4 is 11.6 Å². The molecule has 1 aromatic rings. The number of benzene rings is 1. The topological polar surface area (TPSA) is 41.1 Å². The molecule has 0 bridgehead atoms. The second kappa shape index (κ2) is 4.51. The van der Waals surface area contributed by atoms with Gasteiger partial charge in [-0.25, -0.2) is 4.39 Å². The summed E-state index contributed by atoms with van der Waals surface area (Å²) in [4.78, 5) is 11.6. The predicted molar refractivity (Wildman–Crippen MR) is 60.6 cm³/mol. The first-order chi connectivity index (χ1) is 7.65. The van der Waals surface area contributed by atoms with Gasteiger partial charge in [0.15, 0.2) is 0 Å². The molecule has 1 aliphatic rings. The van der Waals surface area contributed by atoms with E-state index in [-0.39, 0.29) is 17.8 Å². The van der Waals surface area contributed by atoms with E-state index in [4.69, 9.17) is 0 Å². The number of carbonyl (C=O) groups excluding carboxylic acids is 1. The summed E-state index contributed by atoms with van der Waals surface area (Å²) < 4.78 is 12.9. The minimum atomic E-state index is -0.345. The van der Waals surface area contributed by atoms with E-state index in [1.54, 1.807) is 19.1 Å². The number of anilines is 1. The van der Waals surface area contributed by atoms with Crippen LogP contribution in [0.5, 0.6) is 0 Å². The molecule has 0 saturated heterocycles. The minimum absolute atomic E-state index is 0.0354. The van der Waals surface area contributed by atoms with Crippen LogP contribution in [0.15, 0.2) is 24.3 Å². The van der Waals surface area contributed by atoms with Crippen LogP contribution in [0, 0.1) is 5.82 Å². The van der Waals surface area contributed by atoms with Crippen LogP contribution >= 0.6 is 0 Å². The first-order valence-electron chi connectivity index (χ1n) is 5.47. The van der Waals surface area contributed by atoms with Crippen LogP contribution in [0.25, 0.3) is 0 Å². The Balaban J connectivity index is 1.90. The molecule has 16 heavy (non-hydrogen) atoms. The van der Waals surface area contributed by atoms with Gasteiger partial charge in [-0.15, -0.1) is 0 Å². The minimum Gasteiger partial charge on any atom is -0.374 e. The Morgan fingerprint density at radius 1 is 1.50 bits per heavy atom. The summed E-state index contributed by atoms with van der Waals surface area (Å²) in [5.41, 5.74) is 0.624. The van der Waals surface area contributed by atoms with Crippen molar-refractivity contribution in [1.29, 1.82) is 0 Å².